The van der Waals surface area contributed by atoms with Gasteiger partial charge in [0.25, 0.3) is 0 Å². The second-order valence-electron chi connectivity index (χ2n) is 22.5. The van der Waals surface area contributed by atoms with Crippen LogP contribution in [0.2, 0.25) is 0 Å². The average Bonchev–Trinajstić information content (AvgIpc) is 3.44. The van der Waals surface area contributed by atoms with Gasteiger partial charge in [-0.05, 0) is 57.8 Å². The van der Waals surface area contributed by atoms with Crippen molar-refractivity contribution in [3.63, 3.8) is 0 Å². The molecule has 14 heteroatoms. The minimum Gasteiger partial charge on any atom is -0.394 e. The molecule has 0 spiro atoms. The first kappa shape index (κ1) is 71.3. The molecule has 0 aliphatic carbocycles. The number of hydrogen-bond acceptors (Lipinski definition) is 13. The molecule has 0 aromatic carbocycles. The topological polar surface area (TPSA) is 228 Å². The molecule has 0 aromatic rings. The molecule has 12 unspecified atom stereocenters. The van der Waals surface area contributed by atoms with Crippen molar-refractivity contribution < 1.29 is 64.6 Å². The Hall–Kier alpha value is -1.79. The Morgan fingerprint density at radius 2 is 0.831 bits per heavy atom. The zero-order valence-electron chi connectivity index (χ0n) is 48.7. The van der Waals surface area contributed by atoms with Crippen LogP contribution in [-0.4, -0.2) is 140 Å². The van der Waals surface area contributed by atoms with Gasteiger partial charge in [-0.1, -0.05) is 237 Å². The zero-order chi connectivity index (χ0) is 56.0. The predicted molar refractivity (Wildman–Crippen MR) is 309 cm³/mol. The van der Waals surface area contributed by atoms with Gasteiger partial charge in [-0.15, -0.1) is 0 Å². The second-order valence-corrected chi connectivity index (χ2v) is 22.5. The fraction of sp³-hybridized carbons (Fsp3) is 0.889. The van der Waals surface area contributed by atoms with Crippen LogP contribution in [0, 0.1) is 0 Å². The monoisotopic (exact) mass is 1100 g/mol. The number of amides is 1. The van der Waals surface area contributed by atoms with E-state index in [2.05, 4.69) is 43.5 Å². The van der Waals surface area contributed by atoms with Gasteiger partial charge in [0.15, 0.2) is 12.6 Å². The normalized spacial score (nSPS) is 24.9. The maximum atomic E-state index is 13.2. The quantitative estimate of drug-likeness (QED) is 0.0204. The van der Waals surface area contributed by atoms with Crippen molar-refractivity contribution in [2.45, 2.75) is 338 Å². The van der Waals surface area contributed by atoms with E-state index in [1.807, 2.05) is 6.08 Å². The molecule has 9 N–H and O–H groups in total. The molecular formula is C63H117NO13. The van der Waals surface area contributed by atoms with Crippen LogP contribution in [-0.2, 0) is 23.7 Å². The maximum absolute atomic E-state index is 13.2. The summed E-state index contributed by atoms with van der Waals surface area (Å²) in [4.78, 5) is 13.2. The number of ether oxygens (including phenoxy) is 4. The fourth-order valence-corrected chi connectivity index (χ4v) is 10.4. The number of allylic oxidation sites excluding steroid dienone is 5. The highest BCUT2D eigenvalue weighted by Gasteiger charge is 2.51. The largest absolute Gasteiger partial charge is 0.394 e. The van der Waals surface area contributed by atoms with Crippen molar-refractivity contribution in [3.8, 4) is 0 Å². The SMILES string of the molecule is CCCCC/C=C\CCCCCCCC(=O)NC(COC1OC(CO)C(OC2OC(CO)C(O)C(O)C2O)C(O)C1O)C(O)/C=C/CC/C=C/CCCCCCCCCCCCCCCCCCCCCCCCCCC. The molecule has 0 bridgehead atoms. The molecule has 2 rings (SSSR count). The average molecular weight is 1100 g/mol. The number of carbonyl (C=O) groups excluding carboxylic acids is 1. The smallest absolute Gasteiger partial charge is 0.220 e. The summed E-state index contributed by atoms with van der Waals surface area (Å²) in [5, 5.41) is 87.0. The molecule has 2 fully saturated rings. The van der Waals surface area contributed by atoms with Crippen molar-refractivity contribution >= 4 is 5.91 Å². The minimum atomic E-state index is -1.79. The van der Waals surface area contributed by atoms with Gasteiger partial charge in [0, 0.05) is 6.42 Å². The lowest BCUT2D eigenvalue weighted by molar-refractivity contribution is -0.359. The van der Waals surface area contributed by atoms with Gasteiger partial charge in [0.2, 0.25) is 5.91 Å². The van der Waals surface area contributed by atoms with E-state index in [9.17, 15) is 45.6 Å². The number of nitrogens with one attached hydrogen (secondary N) is 1. The summed E-state index contributed by atoms with van der Waals surface area (Å²) >= 11 is 0. The van der Waals surface area contributed by atoms with E-state index in [0.29, 0.717) is 12.8 Å². The first-order chi connectivity index (χ1) is 37.6. The number of rotatable bonds is 51. The van der Waals surface area contributed by atoms with Crippen LogP contribution in [0.3, 0.4) is 0 Å². The molecule has 2 heterocycles. The van der Waals surface area contributed by atoms with Gasteiger partial charge in [0.05, 0.1) is 32.0 Å². The molecule has 0 saturated carbocycles. The van der Waals surface area contributed by atoms with Gasteiger partial charge < -0.3 is 65.1 Å². The highest BCUT2D eigenvalue weighted by atomic mass is 16.7. The summed E-state index contributed by atoms with van der Waals surface area (Å²) in [6.45, 7) is 2.76. The third-order valence-corrected chi connectivity index (χ3v) is 15.5. The van der Waals surface area contributed by atoms with Crippen molar-refractivity contribution in [1.82, 2.24) is 5.32 Å². The van der Waals surface area contributed by atoms with Crippen LogP contribution >= 0.6 is 0 Å². The minimum absolute atomic E-state index is 0.258. The Bertz CT molecular complexity index is 1430. The van der Waals surface area contributed by atoms with Gasteiger partial charge in [-0.25, -0.2) is 0 Å². The Morgan fingerprint density at radius 3 is 1.30 bits per heavy atom. The molecule has 1 amide bonds. The summed E-state index contributed by atoms with van der Waals surface area (Å²) in [5.41, 5.74) is 0. The van der Waals surface area contributed by atoms with Crippen LogP contribution in [0.15, 0.2) is 36.5 Å². The molecule has 77 heavy (non-hydrogen) atoms. The van der Waals surface area contributed by atoms with E-state index in [-0.39, 0.29) is 18.9 Å². The Morgan fingerprint density at radius 1 is 0.455 bits per heavy atom. The standard InChI is InChI=1S/C63H117NO13/c1-3-5-7-9-11-13-15-17-18-19-20-21-22-23-24-25-26-27-28-29-30-31-32-33-34-35-36-38-40-42-44-46-52(67)51(64-55(68)47-45-43-41-39-37-16-14-12-10-8-6-4-2)50-74-62-60(73)58(71)61(54(49-66)76-62)77-63-59(72)57(70)56(69)53(48-65)75-63/h12,14,36,38,44,46,51-54,56-63,65-67,69-73H,3-11,13,15-35,37,39-43,45,47-50H2,1-2H3,(H,64,68)/b14-12-,38-36+,46-44+. The molecule has 14 nitrogen and oxygen atoms in total. The number of aliphatic hydroxyl groups is 8. The Kier molecular flexibility index (Phi) is 45.3. The van der Waals surface area contributed by atoms with E-state index in [1.165, 1.54) is 180 Å². The second kappa shape index (κ2) is 48.9. The van der Waals surface area contributed by atoms with Gasteiger partial charge >= 0.3 is 0 Å². The third-order valence-electron chi connectivity index (χ3n) is 15.5. The van der Waals surface area contributed by atoms with Crippen molar-refractivity contribution in [2.24, 2.45) is 0 Å². The van der Waals surface area contributed by atoms with Crippen LogP contribution in [0.5, 0.6) is 0 Å². The molecule has 0 radical (unpaired) electrons. The highest BCUT2D eigenvalue weighted by Crippen LogP contribution is 2.30. The van der Waals surface area contributed by atoms with Crippen molar-refractivity contribution in [3.05, 3.63) is 36.5 Å². The third kappa shape index (κ3) is 34.3. The summed E-state index contributed by atoms with van der Waals surface area (Å²) in [6.07, 6.45) is 43.7. The predicted octanol–water partition coefficient (Wildman–Crippen LogP) is 11.4. The fourth-order valence-electron chi connectivity index (χ4n) is 10.4. The van der Waals surface area contributed by atoms with Crippen LogP contribution in [0.4, 0.5) is 0 Å². The summed E-state index contributed by atoms with van der Waals surface area (Å²) in [5.74, 6) is -0.258. The lowest BCUT2D eigenvalue weighted by atomic mass is 9.97. The van der Waals surface area contributed by atoms with Gasteiger partial charge in [0.1, 0.15) is 48.8 Å². The first-order valence-corrected chi connectivity index (χ1v) is 31.7. The molecule has 2 aliphatic heterocycles. The van der Waals surface area contributed by atoms with E-state index in [1.54, 1.807) is 6.08 Å². The molecule has 12 atom stereocenters. The van der Waals surface area contributed by atoms with Crippen LogP contribution in [0.25, 0.3) is 0 Å². The lowest BCUT2D eigenvalue weighted by Gasteiger charge is -2.46. The highest BCUT2D eigenvalue weighted by molar-refractivity contribution is 5.76. The van der Waals surface area contributed by atoms with E-state index >= 15 is 0 Å². The number of carbonyl (C=O) groups is 1. The number of unbranched alkanes of at least 4 members (excludes halogenated alkanes) is 34. The molecule has 2 aliphatic rings. The molecule has 0 aromatic heterocycles. The Balaban J connectivity index is 1.68. The number of hydrogen-bond donors (Lipinski definition) is 9. The van der Waals surface area contributed by atoms with E-state index in [0.717, 1.165) is 51.4 Å². The van der Waals surface area contributed by atoms with E-state index in [4.69, 9.17) is 18.9 Å². The molecule has 452 valence electrons. The molecular weight excluding hydrogens is 979 g/mol. The first-order valence-electron chi connectivity index (χ1n) is 31.7. The van der Waals surface area contributed by atoms with Gasteiger partial charge in [-0.2, -0.15) is 0 Å². The van der Waals surface area contributed by atoms with Crippen LogP contribution < -0.4 is 5.32 Å². The van der Waals surface area contributed by atoms with Crippen molar-refractivity contribution in [2.75, 3.05) is 19.8 Å². The summed E-state index contributed by atoms with van der Waals surface area (Å²) in [6, 6.07) is -0.935. The maximum Gasteiger partial charge on any atom is 0.220 e. The summed E-state index contributed by atoms with van der Waals surface area (Å²) in [7, 11) is 0. The van der Waals surface area contributed by atoms with E-state index < -0.39 is 86.8 Å². The zero-order valence-corrected chi connectivity index (χ0v) is 48.7. The summed E-state index contributed by atoms with van der Waals surface area (Å²) < 4.78 is 22.7. The van der Waals surface area contributed by atoms with Gasteiger partial charge in [-0.3, -0.25) is 4.79 Å². The Labute approximate surface area is 468 Å². The lowest BCUT2D eigenvalue weighted by Crippen LogP contribution is -2.65. The van der Waals surface area contributed by atoms with Crippen LogP contribution in [0.1, 0.15) is 264 Å². The molecule has 2 saturated heterocycles. The number of aliphatic hydroxyl groups excluding tert-OH is 8. The van der Waals surface area contributed by atoms with Crippen molar-refractivity contribution in [1.29, 1.82) is 0 Å².